The Morgan fingerprint density at radius 1 is 1.31 bits per heavy atom. The maximum atomic E-state index is 12.6. The lowest BCUT2D eigenvalue weighted by molar-refractivity contribution is -0.141. The molecule has 1 heterocycles. The number of rotatable bonds is 2. The van der Waals surface area contributed by atoms with Crippen molar-refractivity contribution >= 4 is 0 Å². The topological polar surface area (TPSA) is 22.1 Å². The second kappa shape index (κ2) is 4.23. The molecule has 0 aliphatic carbocycles. The highest BCUT2D eigenvalue weighted by molar-refractivity contribution is 5.44. The molecule has 0 aliphatic rings. The third-order valence-corrected chi connectivity index (χ3v) is 1.93. The first-order valence-electron chi connectivity index (χ1n) is 4.17. The normalized spacial score (nSPS) is 12.0. The largest absolute Gasteiger partial charge is 0.496 e. The van der Waals surface area contributed by atoms with Gasteiger partial charge < -0.3 is 4.74 Å². The summed E-state index contributed by atoms with van der Waals surface area (Å²) >= 11 is 0. The lowest BCUT2D eigenvalue weighted by Gasteiger charge is -2.16. The van der Waals surface area contributed by atoms with Crippen LogP contribution in [0.25, 0.3) is 0 Å². The Morgan fingerprint density at radius 2 is 1.88 bits per heavy atom. The lowest BCUT2D eigenvalue weighted by atomic mass is 10.1. The predicted molar refractivity (Wildman–Crippen MR) is 45.5 cm³/mol. The number of hydrogen-bond acceptors (Lipinski definition) is 2. The van der Waals surface area contributed by atoms with Gasteiger partial charge in [0.15, 0.2) is 0 Å². The van der Waals surface area contributed by atoms with Gasteiger partial charge in [-0.3, -0.25) is 4.98 Å². The van der Waals surface area contributed by atoms with Crippen LogP contribution < -0.4 is 4.74 Å². The number of aryl methyl sites for hydroxylation is 1. The summed E-state index contributed by atoms with van der Waals surface area (Å²) < 4.78 is 67.0. The van der Waals surface area contributed by atoms with Crippen molar-refractivity contribution in [3.63, 3.8) is 0 Å². The van der Waals surface area contributed by atoms with E-state index in [0.717, 1.165) is 13.3 Å². The van der Waals surface area contributed by atoms with Gasteiger partial charge in [-0.1, -0.05) is 0 Å². The van der Waals surface area contributed by atoms with Gasteiger partial charge in [0.05, 0.1) is 7.11 Å². The zero-order chi connectivity index (χ0) is 12.5. The molecule has 0 saturated heterocycles. The van der Waals surface area contributed by atoms with Gasteiger partial charge in [0, 0.05) is 11.8 Å². The number of halogens is 5. The molecule has 90 valence electrons. The van der Waals surface area contributed by atoms with Crippen LogP contribution in [0.5, 0.6) is 5.75 Å². The molecule has 1 aromatic rings. The maximum absolute atomic E-state index is 12.6. The Hall–Kier alpha value is -1.40. The van der Waals surface area contributed by atoms with E-state index in [4.69, 9.17) is 0 Å². The first-order chi connectivity index (χ1) is 7.29. The van der Waals surface area contributed by atoms with Gasteiger partial charge in [-0.25, -0.2) is 8.78 Å². The number of pyridine rings is 1. The summed E-state index contributed by atoms with van der Waals surface area (Å²) in [7, 11) is 0.993. The number of ether oxygens (including phenoxy) is 1. The van der Waals surface area contributed by atoms with Crippen LogP contribution in [0, 0.1) is 6.92 Å². The lowest BCUT2D eigenvalue weighted by Crippen LogP contribution is -2.14. The summed E-state index contributed by atoms with van der Waals surface area (Å²) in [5.41, 5.74) is -2.76. The Kier molecular flexibility index (Phi) is 3.35. The highest BCUT2D eigenvalue weighted by atomic mass is 19.4. The quantitative estimate of drug-likeness (QED) is 0.740. The highest BCUT2D eigenvalue weighted by Crippen LogP contribution is 2.42. The second-order valence-electron chi connectivity index (χ2n) is 3.03. The van der Waals surface area contributed by atoms with Crippen molar-refractivity contribution in [1.29, 1.82) is 0 Å². The number of nitrogens with zero attached hydrogens (tertiary/aromatic N) is 1. The monoisotopic (exact) mass is 241 g/mol. The van der Waals surface area contributed by atoms with E-state index in [2.05, 4.69) is 9.72 Å². The molecule has 0 fully saturated rings. The van der Waals surface area contributed by atoms with E-state index in [-0.39, 0.29) is 5.56 Å². The van der Waals surface area contributed by atoms with Crippen molar-refractivity contribution in [2.24, 2.45) is 0 Å². The fraction of sp³-hybridized carbons (Fsp3) is 0.444. The number of alkyl halides is 5. The summed E-state index contributed by atoms with van der Waals surface area (Å²) in [6.07, 6.45) is -7.29. The smallest absolute Gasteiger partial charge is 0.421 e. The van der Waals surface area contributed by atoms with E-state index in [1.54, 1.807) is 0 Å². The van der Waals surface area contributed by atoms with Crippen LogP contribution in [0.4, 0.5) is 22.0 Å². The van der Waals surface area contributed by atoms with E-state index in [0.29, 0.717) is 0 Å². The van der Waals surface area contributed by atoms with Gasteiger partial charge in [-0.2, -0.15) is 13.2 Å². The van der Waals surface area contributed by atoms with Crippen molar-refractivity contribution in [2.75, 3.05) is 7.11 Å². The standard InChI is InChI=1S/C9H8F5NO/c1-4-3-15-6(8(10)11)5(7(4)16-2)9(12,13)14/h3,8H,1-2H3. The minimum atomic E-state index is -4.92. The molecule has 0 aliphatic heterocycles. The van der Waals surface area contributed by atoms with Crippen LogP contribution in [-0.2, 0) is 6.18 Å². The van der Waals surface area contributed by atoms with Gasteiger partial charge in [0.25, 0.3) is 6.43 Å². The van der Waals surface area contributed by atoms with Crippen LogP contribution in [0.15, 0.2) is 6.20 Å². The van der Waals surface area contributed by atoms with E-state index in [1.807, 2.05) is 0 Å². The van der Waals surface area contributed by atoms with Crippen molar-refractivity contribution in [3.8, 4) is 5.75 Å². The molecule has 7 heteroatoms. The Bertz CT molecular complexity index is 388. The molecule has 0 radical (unpaired) electrons. The number of hydrogen-bond donors (Lipinski definition) is 0. The van der Waals surface area contributed by atoms with Crippen molar-refractivity contribution in [3.05, 3.63) is 23.0 Å². The Balaban J connectivity index is 3.54. The molecule has 16 heavy (non-hydrogen) atoms. The average molecular weight is 241 g/mol. The van der Waals surface area contributed by atoms with Crippen LogP contribution in [-0.4, -0.2) is 12.1 Å². The van der Waals surface area contributed by atoms with E-state index >= 15 is 0 Å². The Labute approximate surface area is 88.1 Å². The van der Waals surface area contributed by atoms with Crippen LogP contribution in [0.2, 0.25) is 0 Å². The summed E-state index contributed by atoms with van der Waals surface area (Å²) in [6.45, 7) is 1.30. The number of aromatic nitrogens is 1. The molecule has 0 unspecified atom stereocenters. The molecular weight excluding hydrogens is 233 g/mol. The fourth-order valence-electron chi connectivity index (χ4n) is 1.31. The molecule has 0 amide bonds. The molecule has 1 aromatic heterocycles. The molecule has 2 nitrogen and oxygen atoms in total. The third kappa shape index (κ3) is 2.23. The summed E-state index contributed by atoms with van der Waals surface area (Å²) in [5, 5.41) is 0. The van der Waals surface area contributed by atoms with Crippen molar-refractivity contribution in [2.45, 2.75) is 19.5 Å². The SMILES string of the molecule is COc1c(C)cnc(C(F)F)c1C(F)(F)F. The summed E-state index contributed by atoms with van der Waals surface area (Å²) in [4.78, 5) is 3.10. The maximum Gasteiger partial charge on any atom is 0.421 e. The van der Waals surface area contributed by atoms with Gasteiger partial charge in [-0.05, 0) is 6.92 Å². The molecule has 0 aromatic carbocycles. The molecule has 0 bridgehead atoms. The zero-order valence-electron chi connectivity index (χ0n) is 8.40. The van der Waals surface area contributed by atoms with Crippen LogP contribution >= 0.6 is 0 Å². The fourth-order valence-corrected chi connectivity index (χ4v) is 1.31. The molecular formula is C9H8F5NO. The Morgan fingerprint density at radius 3 is 2.25 bits per heavy atom. The molecule has 1 rings (SSSR count). The first-order valence-corrected chi connectivity index (χ1v) is 4.17. The van der Waals surface area contributed by atoms with Crippen LogP contribution in [0.3, 0.4) is 0 Å². The van der Waals surface area contributed by atoms with Gasteiger partial charge in [0.2, 0.25) is 0 Å². The van der Waals surface area contributed by atoms with Gasteiger partial charge >= 0.3 is 6.18 Å². The van der Waals surface area contributed by atoms with Gasteiger partial charge in [-0.15, -0.1) is 0 Å². The molecule has 0 atom stereocenters. The minimum absolute atomic E-state index is 0.0548. The van der Waals surface area contributed by atoms with E-state index in [1.165, 1.54) is 6.92 Å². The van der Waals surface area contributed by atoms with Crippen LogP contribution in [0.1, 0.15) is 23.2 Å². The highest BCUT2D eigenvalue weighted by Gasteiger charge is 2.40. The molecule has 0 saturated carbocycles. The van der Waals surface area contributed by atoms with Gasteiger partial charge in [0.1, 0.15) is 17.0 Å². The minimum Gasteiger partial charge on any atom is -0.496 e. The average Bonchev–Trinajstić information content (AvgIpc) is 2.15. The van der Waals surface area contributed by atoms with Crippen molar-refractivity contribution < 1.29 is 26.7 Å². The molecule has 0 spiro atoms. The first kappa shape index (κ1) is 12.7. The summed E-state index contributed by atoms with van der Waals surface area (Å²) in [5.74, 6) is -0.613. The second-order valence-corrected chi connectivity index (χ2v) is 3.03. The summed E-state index contributed by atoms with van der Waals surface area (Å²) in [6, 6.07) is 0. The zero-order valence-corrected chi connectivity index (χ0v) is 8.40. The number of methoxy groups -OCH3 is 1. The third-order valence-electron chi connectivity index (χ3n) is 1.93. The molecule has 0 N–H and O–H groups in total. The van der Waals surface area contributed by atoms with E-state index < -0.39 is 29.6 Å². The predicted octanol–water partition coefficient (Wildman–Crippen LogP) is 3.36. The van der Waals surface area contributed by atoms with Crippen molar-refractivity contribution in [1.82, 2.24) is 4.98 Å². The van der Waals surface area contributed by atoms with E-state index in [9.17, 15) is 22.0 Å².